The molecule has 1 heterocycles. The van der Waals surface area contributed by atoms with Crippen molar-refractivity contribution in [1.29, 1.82) is 0 Å². The van der Waals surface area contributed by atoms with Gasteiger partial charge in [-0.15, -0.1) is 0 Å². The molecule has 1 unspecified atom stereocenters. The largest absolute Gasteiger partial charge is 0.394 e. The number of nitrogens with zero attached hydrogens (tertiary/aromatic N) is 1. The number of aliphatic hydroxyl groups excluding tert-OH is 1. The van der Waals surface area contributed by atoms with Crippen LogP contribution in [0.5, 0.6) is 0 Å². The number of hydrogen-bond acceptors (Lipinski definition) is 8. The van der Waals surface area contributed by atoms with E-state index in [4.69, 9.17) is 14.6 Å². The number of nitrogens with one attached hydrogen (secondary N) is 2. The van der Waals surface area contributed by atoms with Crippen LogP contribution in [0.25, 0.3) is 0 Å². The molecule has 0 spiro atoms. The molecule has 2 rings (SSSR count). The van der Waals surface area contributed by atoms with Crippen LogP contribution in [0.2, 0.25) is 0 Å². The van der Waals surface area contributed by atoms with Crippen molar-refractivity contribution in [3.8, 4) is 0 Å². The summed E-state index contributed by atoms with van der Waals surface area (Å²) >= 11 is 0. The molecule has 30 heavy (non-hydrogen) atoms. The predicted molar refractivity (Wildman–Crippen MR) is 107 cm³/mol. The van der Waals surface area contributed by atoms with Crippen molar-refractivity contribution in [2.45, 2.75) is 26.3 Å². The quantitative estimate of drug-likeness (QED) is 0.321. The number of imide groups is 2. The van der Waals surface area contributed by atoms with Gasteiger partial charge in [0, 0.05) is 19.2 Å². The maximum atomic E-state index is 13.0. The molecule has 10 heteroatoms. The monoisotopic (exact) mass is 421 g/mol. The topological polar surface area (TPSA) is 134 Å². The van der Waals surface area contributed by atoms with Crippen molar-refractivity contribution < 1.29 is 33.8 Å². The van der Waals surface area contributed by atoms with Gasteiger partial charge in [-0.3, -0.25) is 29.4 Å². The van der Waals surface area contributed by atoms with Crippen LogP contribution in [-0.2, 0) is 19.1 Å². The second-order valence-electron chi connectivity index (χ2n) is 6.55. The molecule has 0 bridgehead atoms. The Morgan fingerprint density at radius 3 is 2.43 bits per heavy atom. The van der Waals surface area contributed by atoms with Gasteiger partial charge >= 0.3 is 0 Å². The van der Waals surface area contributed by atoms with Crippen LogP contribution in [0, 0.1) is 0 Å². The van der Waals surface area contributed by atoms with Crippen LogP contribution in [0.15, 0.2) is 18.2 Å². The fraction of sp³-hybridized carbons (Fsp3) is 0.500. The molecule has 1 aliphatic rings. The van der Waals surface area contributed by atoms with E-state index in [9.17, 15) is 19.2 Å². The summed E-state index contributed by atoms with van der Waals surface area (Å²) in [5.74, 6) is -2.39. The third-order valence-electron chi connectivity index (χ3n) is 4.42. The molecular formula is C20H27N3O7. The Hall–Kier alpha value is -2.82. The van der Waals surface area contributed by atoms with E-state index in [0.29, 0.717) is 32.1 Å². The van der Waals surface area contributed by atoms with Crippen LogP contribution in [0.3, 0.4) is 0 Å². The highest BCUT2D eigenvalue weighted by atomic mass is 16.5. The molecule has 0 fully saturated rings. The smallest absolute Gasteiger partial charge is 0.264 e. The first kappa shape index (κ1) is 23.5. The van der Waals surface area contributed by atoms with Gasteiger partial charge < -0.3 is 19.9 Å². The van der Waals surface area contributed by atoms with Crippen molar-refractivity contribution in [2.24, 2.45) is 0 Å². The summed E-state index contributed by atoms with van der Waals surface area (Å²) in [7, 11) is 0. The lowest BCUT2D eigenvalue weighted by Crippen LogP contribution is -2.50. The van der Waals surface area contributed by atoms with E-state index in [1.165, 1.54) is 13.0 Å². The Morgan fingerprint density at radius 2 is 1.80 bits per heavy atom. The molecule has 0 saturated heterocycles. The summed E-state index contributed by atoms with van der Waals surface area (Å²) in [5.41, 5.74) is 0.871. The standard InChI is InChI=1S/C20H27N3O7/c1-3-16(18(26)22-13(2)25)23-19(27)14-5-4-6-15(17(14)20(23)28)21-7-9-29-11-12-30-10-8-24/h4-6,16,21,24H,3,7-12H2,1-2H3,(H,22,25,26). The zero-order chi connectivity index (χ0) is 22.1. The molecule has 1 atom stereocenters. The highest BCUT2D eigenvalue weighted by molar-refractivity contribution is 6.25. The Labute approximate surface area is 174 Å². The van der Waals surface area contributed by atoms with Crippen LogP contribution < -0.4 is 10.6 Å². The number of ether oxygens (including phenoxy) is 2. The van der Waals surface area contributed by atoms with E-state index in [-0.39, 0.29) is 30.8 Å². The number of rotatable bonds is 12. The normalized spacial score (nSPS) is 13.9. The zero-order valence-electron chi connectivity index (χ0n) is 17.1. The Morgan fingerprint density at radius 1 is 1.10 bits per heavy atom. The summed E-state index contributed by atoms with van der Waals surface area (Å²) in [5, 5.41) is 13.8. The first-order chi connectivity index (χ1) is 14.4. The zero-order valence-corrected chi connectivity index (χ0v) is 17.1. The summed E-state index contributed by atoms with van der Waals surface area (Å²) in [6.07, 6.45) is 0.180. The first-order valence-corrected chi connectivity index (χ1v) is 9.74. The Bertz CT molecular complexity index is 797. The molecule has 0 saturated carbocycles. The Balaban J connectivity index is 2.03. The summed E-state index contributed by atoms with van der Waals surface area (Å²) in [6, 6.07) is 3.78. The number of aliphatic hydroxyl groups is 1. The van der Waals surface area contributed by atoms with E-state index in [1.54, 1.807) is 19.1 Å². The van der Waals surface area contributed by atoms with E-state index in [0.717, 1.165) is 4.90 Å². The molecule has 164 valence electrons. The van der Waals surface area contributed by atoms with Crippen molar-refractivity contribution in [3.05, 3.63) is 29.3 Å². The molecule has 10 nitrogen and oxygen atoms in total. The molecule has 1 aromatic rings. The van der Waals surface area contributed by atoms with Gasteiger partial charge in [-0.1, -0.05) is 13.0 Å². The van der Waals surface area contributed by atoms with Crippen molar-refractivity contribution in [2.75, 3.05) is 44.9 Å². The molecule has 0 aliphatic carbocycles. The third-order valence-corrected chi connectivity index (χ3v) is 4.42. The van der Waals surface area contributed by atoms with Gasteiger partial charge in [0.25, 0.3) is 11.8 Å². The fourth-order valence-corrected chi connectivity index (χ4v) is 3.12. The molecule has 1 aromatic carbocycles. The average molecular weight is 421 g/mol. The van der Waals surface area contributed by atoms with Crippen molar-refractivity contribution in [1.82, 2.24) is 10.2 Å². The van der Waals surface area contributed by atoms with Crippen molar-refractivity contribution in [3.63, 3.8) is 0 Å². The molecular weight excluding hydrogens is 394 g/mol. The van der Waals surface area contributed by atoms with E-state index in [1.807, 2.05) is 0 Å². The number of benzene rings is 1. The number of hydrogen-bond donors (Lipinski definition) is 3. The maximum Gasteiger partial charge on any atom is 0.264 e. The highest BCUT2D eigenvalue weighted by Gasteiger charge is 2.43. The average Bonchev–Trinajstić information content (AvgIpc) is 2.96. The minimum absolute atomic E-state index is 0.0419. The van der Waals surface area contributed by atoms with Gasteiger partial charge in [-0.05, 0) is 18.6 Å². The van der Waals surface area contributed by atoms with Crippen LogP contribution in [-0.4, -0.2) is 79.3 Å². The summed E-state index contributed by atoms with van der Waals surface area (Å²) in [6.45, 7) is 4.53. The van der Waals surface area contributed by atoms with Gasteiger partial charge in [0.05, 0.1) is 44.2 Å². The van der Waals surface area contributed by atoms with Crippen LogP contribution in [0.4, 0.5) is 5.69 Å². The summed E-state index contributed by atoms with van der Waals surface area (Å²) in [4.78, 5) is 50.2. The second kappa shape index (κ2) is 11.4. The number of carbonyl (C=O) groups excluding carboxylic acids is 4. The predicted octanol–water partition coefficient (Wildman–Crippen LogP) is 0.161. The number of fused-ring (bicyclic) bond motifs is 1. The number of amides is 4. The fourth-order valence-electron chi connectivity index (χ4n) is 3.12. The van der Waals surface area contributed by atoms with E-state index in [2.05, 4.69) is 10.6 Å². The lowest BCUT2D eigenvalue weighted by Gasteiger charge is -2.23. The first-order valence-electron chi connectivity index (χ1n) is 9.74. The van der Waals surface area contributed by atoms with Gasteiger partial charge in [0.1, 0.15) is 6.04 Å². The lowest BCUT2D eigenvalue weighted by atomic mass is 10.1. The molecule has 0 aromatic heterocycles. The van der Waals surface area contributed by atoms with Gasteiger partial charge in [0.2, 0.25) is 11.8 Å². The number of carbonyl (C=O) groups is 4. The minimum Gasteiger partial charge on any atom is -0.394 e. The molecule has 0 radical (unpaired) electrons. The molecule has 1 aliphatic heterocycles. The molecule has 3 N–H and O–H groups in total. The lowest BCUT2D eigenvalue weighted by molar-refractivity contribution is -0.131. The summed E-state index contributed by atoms with van der Waals surface area (Å²) < 4.78 is 10.5. The van der Waals surface area contributed by atoms with Crippen LogP contribution in [0.1, 0.15) is 41.0 Å². The van der Waals surface area contributed by atoms with E-state index >= 15 is 0 Å². The third kappa shape index (κ3) is 5.62. The van der Waals surface area contributed by atoms with Gasteiger partial charge in [-0.2, -0.15) is 0 Å². The van der Waals surface area contributed by atoms with Crippen molar-refractivity contribution >= 4 is 29.3 Å². The van der Waals surface area contributed by atoms with Gasteiger partial charge in [-0.25, -0.2) is 0 Å². The van der Waals surface area contributed by atoms with Gasteiger partial charge in [0.15, 0.2) is 0 Å². The minimum atomic E-state index is -1.07. The highest BCUT2D eigenvalue weighted by Crippen LogP contribution is 2.31. The Kier molecular flexibility index (Phi) is 8.90. The SMILES string of the molecule is CCC(C(=O)NC(C)=O)N1C(=O)c2cccc(NCCOCCOCCO)c2C1=O. The second-order valence-corrected chi connectivity index (χ2v) is 6.55. The molecule has 4 amide bonds. The number of anilines is 1. The van der Waals surface area contributed by atoms with E-state index < -0.39 is 29.7 Å². The van der Waals surface area contributed by atoms with Crippen LogP contribution >= 0.6 is 0 Å². The maximum absolute atomic E-state index is 13.0.